The van der Waals surface area contributed by atoms with Crippen molar-refractivity contribution in [2.24, 2.45) is 0 Å². The van der Waals surface area contributed by atoms with Crippen molar-refractivity contribution < 1.29 is 13.7 Å². The third-order valence-electron chi connectivity index (χ3n) is 7.41. The van der Waals surface area contributed by atoms with Gasteiger partial charge in [-0.25, -0.2) is 4.98 Å². The molecule has 1 fully saturated rings. The quantitative estimate of drug-likeness (QED) is 0.268. The van der Waals surface area contributed by atoms with Gasteiger partial charge in [0.1, 0.15) is 22.7 Å². The van der Waals surface area contributed by atoms with Crippen molar-refractivity contribution in [2.75, 3.05) is 31.1 Å². The Morgan fingerprint density at radius 2 is 1.70 bits per heavy atom. The fraction of sp³-hybridized carbons (Fsp3) is 0.312. The normalized spacial score (nSPS) is 14.5. The summed E-state index contributed by atoms with van der Waals surface area (Å²) in [7, 11) is 0. The molecule has 1 aliphatic heterocycles. The van der Waals surface area contributed by atoms with Crippen LogP contribution in [-0.4, -0.2) is 52.1 Å². The molecule has 0 radical (unpaired) electrons. The van der Waals surface area contributed by atoms with E-state index in [4.69, 9.17) is 18.9 Å². The number of anilines is 1. The number of carbonyl (C=O) groups excluding carboxylic acids is 1. The Labute approximate surface area is 233 Å². The Kier molecular flexibility index (Phi) is 6.84. The average molecular weight is 536 g/mol. The van der Waals surface area contributed by atoms with Crippen LogP contribution in [0.1, 0.15) is 54.7 Å². The van der Waals surface area contributed by atoms with E-state index < -0.39 is 0 Å². The van der Waals surface area contributed by atoms with E-state index in [0.29, 0.717) is 43.4 Å². The summed E-state index contributed by atoms with van der Waals surface area (Å²) in [6.07, 6.45) is 2.91. The van der Waals surface area contributed by atoms with Crippen molar-refractivity contribution in [3.63, 3.8) is 0 Å². The van der Waals surface area contributed by atoms with Gasteiger partial charge >= 0.3 is 0 Å². The Bertz CT molecular complexity index is 1600. The highest BCUT2D eigenvalue weighted by Crippen LogP contribution is 2.35. The highest BCUT2D eigenvalue weighted by atomic mass is 16.5. The minimum Gasteiger partial charge on any atom is -0.459 e. The van der Waals surface area contributed by atoms with Crippen LogP contribution in [0.5, 0.6) is 0 Å². The molecule has 8 heteroatoms. The van der Waals surface area contributed by atoms with Gasteiger partial charge in [-0.3, -0.25) is 4.79 Å². The smallest absolute Gasteiger partial charge is 0.289 e. The molecule has 6 rings (SSSR count). The van der Waals surface area contributed by atoms with E-state index in [2.05, 4.69) is 67.2 Å². The lowest BCUT2D eigenvalue weighted by molar-refractivity contribution is 0.0735. The zero-order valence-corrected chi connectivity index (χ0v) is 23.1. The maximum atomic E-state index is 13.0. The zero-order valence-electron chi connectivity index (χ0n) is 23.1. The van der Waals surface area contributed by atoms with Gasteiger partial charge in [0.15, 0.2) is 5.76 Å². The molecule has 3 aromatic heterocycles. The monoisotopic (exact) mass is 535 g/mol. The summed E-state index contributed by atoms with van der Waals surface area (Å²) >= 11 is 0. The first-order valence-electron chi connectivity index (χ1n) is 13.8. The molecule has 204 valence electrons. The van der Waals surface area contributed by atoms with Crippen LogP contribution in [0.3, 0.4) is 0 Å². The van der Waals surface area contributed by atoms with Crippen molar-refractivity contribution in [2.45, 2.75) is 39.0 Å². The number of aromatic nitrogens is 3. The number of benzene rings is 2. The first-order chi connectivity index (χ1) is 19.4. The van der Waals surface area contributed by atoms with Crippen molar-refractivity contribution in [3.05, 3.63) is 95.7 Å². The summed E-state index contributed by atoms with van der Waals surface area (Å²) in [6, 6.07) is 22.1. The molecule has 2 aromatic carbocycles. The topological polar surface area (TPSA) is 88.5 Å². The van der Waals surface area contributed by atoms with Crippen LogP contribution in [0, 0.1) is 0 Å². The van der Waals surface area contributed by atoms with E-state index in [1.165, 1.54) is 11.8 Å². The zero-order chi connectivity index (χ0) is 27.7. The van der Waals surface area contributed by atoms with Crippen molar-refractivity contribution >= 4 is 22.8 Å². The number of hydrogen-bond acceptors (Lipinski definition) is 7. The Morgan fingerprint density at radius 1 is 0.900 bits per heavy atom. The van der Waals surface area contributed by atoms with Crippen molar-refractivity contribution in [1.82, 2.24) is 20.0 Å². The highest BCUT2D eigenvalue weighted by molar-refractivity contribution is 5.98. The summed E-state index contributed by atoms with van der Waals surface area (Å²) in [5.41, 5.74) is 4.58. The number of furan rings is 1. The summed E-state index contributed by atoms with van der Waals surface area (Å²) in [4.78, 5) is 26.9. The molecular formula is C32H33N5O3. The van der Waals surface area contributed by atoms with Gasteiger partial charge in [-0.15, -0.1) is 0 Å². The van der Waals surface area contributed by atoms with E-state index in [1.54, 1.807) is 12.1 Å². The third kappa shape index (κ3) is 5.21. The molecule has 0 spiro atoms. The minimum atomic E-state index is -0.0888. The van der Waals surface area contributed by atoms with Gasteiger partial charge < -0.3 is 18.7 Å². The summed E-state index contributed by atoms with van der Waals surface area (Å²) in [5, 5.41) is 5.28. The Morgan fingerprint density at radius 3 is 2.42 bits per heavy atom. The number of rotatable bonds is 5. The first kappa shape index (κ1) is 25.8. The van der Waals surface area contributed by atoms with E-state index in [1.807, 2.05) is 23.1 Å². The number of fused-ring (bicyclic) bond motifs is 1. The summed E-state index contributed by atoms with van der Waals surface area (Å²) in [5.74, 6) is 1.74. The highest BCUT2D eigenvalue weighted by Gasteiger charge is 2.27. The molecule has 0 saturated carbocycles. The largest absolute Gasteiger partial charge is 0.459 e. The molecule has 0 atom stereocenters. The molecule has 0 N–H and O–H groups in total. The molecule has 0 aliphatic carbocycles. The molecule has 0 unspecified atom stereocenters. The molecule has 8 nitrogen and oxygen atoms in total. The van der Waals surface area contributed by atoms with E-state index in [9.17, 15) is 4.79 Å². The lowest BCUT2D eigenvalue weighted by atomic mass is 9.86. The average Bonchev–Trinajstić information content (AvgIpc) is 3.58. The summed E-state index contributed by atoms with van der Waals surface area (Å²) < 4.78 is 11.2. The van der Waals surface area contributed by atoms with E-state index >= 15 is 0 Å². The molecule has 0 bridgehead atoms. The van der Waals surface area contributed by atoms with Crippen LogP contribution < -0.4 is 4.90 Å². The number of amides is 1. The Balaban J connectivity index is 1.38. The van der Waals surface area contributed by atoms with Crippen LogP contribution in [0.15, 0.2) is 81.9 Å². The fourth-order valence-corrected chi connectivity index (χ4v) is 5.18. The lowest BCUT2D eigenvalue weighted by Crippen LogP contribution is -2.35. The fourth-order valence-electron chi connectivity index (χ4n) is 5.18. The van der Waals surface area contributed by atoms with Crippen LogP contribution in [0.4, 0.5) is 5.82 Å². The molecule has 4 heterocycles. The second kappa shape index (κ2) is 10.6. The van der Waals surface area contributed by atoms with E-state index in [0.717, 1.165) is 41.0 Å². The maximum Gasteiger partial charge on any atom is 0.289 e. The van der Waals surface area contributed by atoms with Gasteiger partial charge in [0.2, 0.25) is 0 Å². The third-order valence-corrected chi connectivity index (χ3v) is 7.41. The van der Waals surface area contributed by atoms with Gasteiger partial charge in [-0.05, 0) is 35.1 Å². The number of nitrogens with zero attached hydrogens (tertiary/aromatic N) is 5. The van der Waals surface area contributed by atoms with Crippen LogP contribution >= 0.6 is 0 Å². The predicted molar refractivity (Wildman–Crippen MR) is 154 cm³/mol. The molecule has 5 aromatic rings. The second-order valence-corrected chi connectivity index (χ2v) is 11.3. The van der Waals surface area contributed by atoms with Gasteiger partial charge in [0.05, 0.1) is 6.26 Å². The van der Waals surface area contributed by atoms with E-state index in [-0.39, 0.29) is 11.3 Å². The first-order valence-corrected chi connectivity index (χ1v) is 13.8. The van der Waals surface area contributed by atoms with Gasteiger partial charge in [-0.1, -0.05) is 80.5 Å². The molecule has 1 saturated heterocycles. The molecule has 1 amide bonds. The molecular weight excluding hydrogens is 502 g/mol. The van der Waals surface area contributed by atoms with Crippen molar-refractivity contribution in [1.29, 1.82) is 0 Å². The lowest BCUT2D eigenvalue weighted by Gasteiger charge is -2.23. The second-order valence-electron chi connectivity index (χ2n) is 11.3. The standard InChI is InChI=1S/C32H33N5O3/c1-32(2,3)24-14-12-23(13-15-24)28-27-29(33-26(34-30(27)40-35-28)21-22-9-5-4-6-10-22)36-16-8-17-37(19-18-36)31(38)25-11-7-20-39-25/h4-7,9-15,20H,8,16-19,21H2,1-3H3. The number of hydrogen-bond donors (Lipinski definition) is 0. The maximum absolute atomic E-state index is 13.0. The van der Waals surface area contributed by atoms with Gasteiger partial charge in [0.25, 0.3) is 11.6 Å². The van der Waals surface area contributed by atoms with Gasteiger partial charge in [0, 0.05) is 38.2 Å². The predicted octanol–water partition coefficient (Wildman–Crippen LogP) is 6.12. The van der Waals surface area contributed by atoms with Gasteiger partial charge in [-0.2, -0.15) is 4.98 Å². The van der Waals surface area contributed by atoms with Crippen LogP contribution in [-0.2, 0) is 11.8 Å². The molecule has 40 heavy (non-hydrogen) atoms. The number of carbonyl (C=O) groups is 1. The van der Waals surface area contributed by atoms with Crippen molar-refractivity contribution in [3.8, 4) is 11.3 Å². The minimum absolute atomic E-state index is 0.0516. The summed E-state index contributed by atoms with van der Waals surface area (Å²) in [6.45, 7) is 9.17. The SMILES string of the molecule is CC(C)(C)c1ccc(-c2noc3nc(Cc4ccccc4)nc(N4CCCN(C(=O)c5ccco5)CC4)c23)cc1. The Hall–Kier alpha value is -4.46. The van der Waals surface area contributed by atoms with Crippen LogP contribution in [0.25, 0.3) is 22.4 Å². The van der Waals surface area contributed by atoms with Crippen LogP contribution in [0.2, 0.25) is 0 Å². The molecule has 1 aliphatic rings.